The molecule has 0 aromatic heterocycles. The summed E-state index contributed by atoms with van der Waals surface area (Å²) in [5, 5.41) is 13.3. The van der Waals surface area contributed by atoms with Gasteiger partial charge in [0.25, 0.3) is 0 Å². The van der Waals surface area contributed by atoms with E-state index in [-0.39, 0.29) is 23.8 Å². The van der Waals surface area contributed by atoms with E-state index in [1.54, 1.807) is 42.5 Å². The van der Waals surface area contributed by atoms with Gasteiger partial charge < -0.3 is 15.2 Å². The first-order chi connectivity index (χ1) is 15.2. The summed E-state index contributed by atoms with van der Waals surface area (Å²) in [6.07, 6.45) is 1.82. The number of carbonyl (C=O) groups excluding carboxylic acids is 1. The molecule has 0 spiro atoms. The maximum Gasteiger partial charge on any atom is 0.241 e. The molecule has 1 aliphatic rings. The number of nitrogens with one attached hydrogen (secondary N) is 2. The van der Waals surface area contributed by atoms with Crippen LogP contribution >= 0.6 is 23.2 Å². The van der Waals surface area contributed by atoms with Gasteiger partial charge in [0.1, 0.15) is 6.10 Å². The Labute approximate surface area is 197 Å². The zero-order valence-corrected chi connectivity index (χ0v) is 19.6. The number of aliphatic hydroxyl groups is 1. The van der Waals surface area contributed by atoms with E-state index < -0.39 is 34.9 Å². The highest BCUT2D eigenvalue weighted by atomic mass is 35.5. The van der Waals surface area contributed by atoms with Gasteiger partial charge in [-0.15, -0.1) is 0 Å². The van der Waals surface area contributed by atoms with Crippen molar-refractivity contribution in [1.82, 2.24) is 10.0 Å². The topological polar surface area (TPSA) is 105 Å². The van der Waals surface area contributed by atoms with E-state index in [0.29, 0.717) is 10.0 Å². The molecule has 3 atom stereocenters. The van der Waals surface area contributed by atoms with Crippen LogP contribution in [0.1, 0.15) is 17.5 Å². The number of ether oxygens (including phenoxy) is 1. The lowest BCUT2D eigenvalue weighted by Crippen LogP contribution is -2.49. The van der Waals surface area contributed by atoms with Gasteiger partial charge in [-0.1, -0.05) is 59.1 Å². The second-order valence-corrected chi connectivity index (χ2v) is 10.00. The van der Waals surface area contributed by atoms with Crippen LogP contribution < -0.4 is 10.0 Å². The minimum atomic E-state index is -3.80. The molecule has 1 heterocycles. The van der Waals surface area contributed by atoms with Crippen molar-refractivity contribution in [3.63, 3.8) is 0 Å². The Morgan fingerprint density at radius 2 is 1.81 bits per heavy atom. The van der Waals surface area contributed by atoms with Crippen LogP contribution in [0.5, 0.6) is 0 Å². The third-order valence-corrected chi connectivity index (χ3v) is 7.16. The number of hydrogen-bond acceptors (Lipinski definition) is 5. The van der Waals surface area contributed by atoms with E-state index in [9.17, 15) is 18.3 Å². The van der Waals surface area contributed by atoms with E-state index in [2.05, 4.69) is 10.0 Å². The van der Waals surface area contributed by atoms with E-state index >= 15 is 0 Å². The molecule has 7 nitrogen and oxygen atoms in total. The standard InChI is InChI=1S/C22H24Cl2N2O5S/c1-14-2-6-17(7-3-14)32(29,30)26-20-9-5-16(31-21(20)13-27)11-22(28)25-12-15-4-8-18(23)19(24)10-15/h2-10,16,20-21,26-27H,11-13H2,1H3,(H,25,28)/t16-,20+,21-/m0/s1. The van der Waals surface area contributed by atoms with Crippen LogP contribution in [-0.2, 0) is 26.1 Å². The first-order valence-electron chi connectivity index (χ1n) is 9.92. The van der Waals surface area contributed by atoms with Crippen LogP contribution in [0.2, 0.25) is 10.0 Å². The number of sulfonamides is 1. The molecular weight excluding hydrogens is 475 g/mol. The number of benzene rings is 2. The predicted molar refractivity (Wildman–Crippen MR) is 123 cm³/mol. The van der Waals surface area contributed by atoms with E-state index in [1.807, 2.05) is 6.92 Å². The molecule has 1 amide bonds. The fourth-order valence-corrected chi connectivity index (χ4v) is 4.72. The third-order valence-electron chi connectivity index (χ3n) is 4.95. The zero-order chi connectivity index (χ0) is 23.3. The van der Waals surface area contributed by atoms with Crippen molar-refractivity contribution in [1.29, 1.82) is 0 Å². The Kier molecular flexibility index (Phi) is 8.32. The molecule has 3 N–H and O–H groups in total. The maximum atomic E-state index is 12.6. The number of aliphatic hydroxyl groups excluding tert-OH is 1. The Bertz CT molecular complexity index is 1090. The summed E-state index contributed by atoms with van der Waals surface area (Å²) in [6.45, 7) is 1.73. The van der Waals surface area contributed by atoms with Gasteiger partial charge in [0.15, 0.2) is 0 Å². The lowest BCUT2D eigenvalue weighted by Gasteiger charge is -2.31. The molecule has 3 rings (SSSR count). The van der Waals surface area contributed by atoms with Gasteiger partial charge in [-0.05, 0) is 36.8 Å². The molecule has 1 aliphatic heterocycles. The first-order valence-corrected chi connectivity index (χ1v) is 12.2. The number of hydrogen-bond donors (Lipinski definition) is 3. The number of halogens is 2. The molecule has 0 saturated heterocycles. The highest BCUT2D eigenvalue weighted by Gasteiger charge is 2.31. The van der Waals surface area contributed by atoms with Crippen molar-refractivity contribution in [2.45, 2.75) is 43.0 Å². The summed E-state index contributed by atoms with van der Waals surface area (Å²) < 4.78 is 33.5. The highest BCUT2D eigenvalue weighted by Crippen LogP contribution is 2.23. The molecule has 0 unspecified atom stereocenters. The average Bonchev–Trinajstić information content (AvgIpc) is 2.75. The van der Waals surface area contributed by atoms with Crippen molar-refractivity contribution < 1.29 is 23.1 Å². The molecule has 2 aromatic carbocycles. The first kappa shape index (κ1) is 24.7. The van der Waals surface area contributed by atoms with E-state index in [4.69, 9.17) is 27.9 Å². The summed E-state index contributed by atoms with van der Waals surface area (Å²) in [7, 11) is -3.80. The second-order valence-electron chi connectivity index (χ2n) is 7.47. The number of rotatable bonds is 8. The Morgan fingerprint density at radius 1 is 1.09 bits per heavy atom. The Balaban J connectivity index is 1.57. The largest absolute Gasteiger partial charge is 0.394 e. The van der Waals surface area contributed by atoms with Gasteiger partial charge in [0.2, 0.25) is 15.9 Å². The van der Waals surface area contributed by atoms with Crippen molar-refractivity contribution in [2.75, 3.05) is 6.61 Å². The quantitative estimate of drug-likeness (QED) is 0.485. The summed E-state index contributed by atoms with van der Waals surface area (Å²) >= 11 is 11.9. The van der Waals surface area contributed by atoms with Gasteiger partial charge in [0, 0.05) is 6.54 Å². The molecule has 2 aromatic rings. The van der Waals surface area contributed by atoms with Gasteiger partial charge >= 0.3 is 0 Å². The molecular formula is C22H24Cl2N2O5S. The molecule has 0 saturated carbocycles. The lowest BCUT2D eigenvalue weighted by molar-refractivity contribution is -0.125. The number of carbonyl (C=O) groups is 1. The van der Waals surface area contributed by atoms with Crippen LogP contribution in [-0.4, -0.2) is 44.3 Å². The van der Waals surface area contributed by atoms with Crippen LogP contribution in [0.15, 0.2) is 59.5 Å². The van der Waals surface area contributed by atoms with Crippen LogP contribution in [0.4, 0.5) is 0 Å². The van der Waals surface area contributed by atoms with Crippen LogP contribution in [0.3, 0.4) is 0 Å². The molecule has 172 valence electrons. The molecule has 0 aliphatic carbocycles. The van der Waals surface area contributed by atoms with Crippen LogP contribution in [0, 0.1) is 6.92 Å². The van der Waals surface area contributed by atoms with Gasteiger partial charge in [-0.3, -0.25) is 4.79 Å². The van der Waals surface area contributed by atoms with E-state index in [0.717, 1.165) is 11.1 Å². The summed E-state index contributed by atoms with van der Waals surface area (Å²) in [6, 6.07) is 10.8. The minimum absolute atomic E-state index is 0.0196. The highest BCUT2D eigenvalue weighted by molar-refractivity contribution is 7.89. The average molecular weight is 499 g/mol. The zero-order valence-electron chi connectivity index (χ0n) is 17.3. The second kappa shape index (κ2) is 10.8. The Morgan fingerprint density at radius 3 is 2.47 bits per heavy atom. The summed E-state index contributed by atoms with van der Waals surface area (Å²) in [5.74, 6) is -0.263. The monoisotopic (exact) mass is 498 g/mol. The van der Waals surface area contributed by atoms with Crippen molar-refractivity contribution >= 4 is 39.1 Å². The molecule has 10 heteroatoms. The SMILES string of the molecule is Cc1ccc(S(=O)(=O)N[C@@H]2C=C[C@@H](CC(=O)NCc3ccc(Cl)c(Cl)c3)O[C@H]2CO)cc1. The van der Waals surface area contributed by atoms with Gasteiger partial charge in [-0.2, -0.15) is 0 Å². The molecule has 32 heavy (non-hydrogen) atoms. The number of amides is 1. The third kappa shape index (κ3) is 6.54. The molecule has 0 fully saturated rings. The van der Waals surface area contributed by atoms with E-state index in [1.165, 1.54) is 12.1 Å². The minimum Gasteiger partial charge on any atom is -0.394 e. The fraction of sp³-hybridized carbons (Fsp3) is 0.318. The van der Waals surface area contributed by atoms with Crippen molar-refractivity contribution in [3.8, 4) is 0 Å². The van der Waals surface area contributed by atoms with Crippen molar-refractivity contribution in [2.24, 2.45) is 0 Å². The van der Waals surface area contributed by atoms with Crippen LogP contribution in [0.25, 0.3) is 0 Å². The van der Waals surface area contributed by atoms with Gasteiger partial charge in [0.05, 0.1) is 40.1 Å². The van der Waals surface area contributed by atoms with Crippen molar-refractivity contribution in [3.05, 3.63) is 75.8 Å². The number of aryl methyl sites for hydroxylation is 1. The normalized spacial score (nSPS) is 20.8. The fourth-order valence-electron chi connectivity index (χ4n) is 3.18. The smallest absolute Gasteiger partial charge is 0.241 e. The lowest BCUT2D eigenvalue weighted by atomic mass is 10.1. The predicted octanol–water partition coefficient (Wildman–Crippen LogP) is 2.97. The summed E-state index contributed by atoms with van der Waals surface area (Å²) in [5.41, 5.74) is 1.74. The molecule has 0 radical (unpaired) electrons. The van der Waals surface area contributed by atoms with Gasteiger partial charge in [-0.25, -0.2) is 13.1 Å². The summed E-state index contributed by atoms with van der Waals surface area (Å²) in [4.78, 5) is 12.4. The molecule has 0 bridgehead atoms. The maximum absolute atomic E-state index is 12.6. The Hall–Kier alpha value is -1.94.